The Morgan fingerprint density at radius 3 is 1.33 bits per heavy atom. The van der Waals surface area contributed by atoms with Gasteiger partial charge < -0.3 is 9.13 Å². The van der Waals surface area contributed by atoms with Crippen molar-refractivity contribution >= 4 is 43.6 Å². The van der Waals surface area contributed by atoms with Crippen molar-refractivity contribution in [3.05, 3.63) is 230 Å². The van der Waals surface area contributed by atoms with Gasteiger partial charge in [-0.3, -0.25) is 0 Å². The number of hydrogen-bond donors (Lipinski definition) is 0. The second-order valence-corrected chi connectivity index (χ2v) is 16.4. The van der Waals surface area contributed by atoms with Crippen molar-refractivity contribution < 1.29 is 0 Å². The zero-order chi connectivity index (χ0) is 44.1. The Balaban J connectivity index is 1.20. The fourth-order valence-corrected chi connectivity index (χ4v) is 9.67. The molecule has 3 aromatic heterocycles. The molecule has 0 atom stereocenters. The number of rotatable bonds is 7. The van der Waals surface area contributed by atoms with E-state index in [9.17, 15) is 10.5 Å². The third-order valence-electron chi connectivity index (χ3n) is 12.6. The molecule has 0 bridgehead atoms. The molecule has 12 rings (SSSR count). The predicted octanol–water partition coefficient (Wildman–Crippen LogP) is 14.7. The maximum atomic E-state index is 10.8. The molecule has 12 aromatic rings. The molecular weight excluding hydrogens is 805 g/mol. The molecule has 6 heteroatoms. The molecule has 0 amide bonds. The van der Waals surface area contributed by atoms with Gasteiger partial charge in [0.2, 0.25) is 0 Å². The van der Waals surface area contributed by atoms with Crippen molar-refractivity contribution in [2.75, 3.05) is 0 Å². The number of benzene rings is 9. The molecule has 0 aliphatic rings. The fraction of sp³-hybridized carbons (Fsp3) is 0. The second kappa shape index (κ2) is 15.8. The van der Waals surface area contributed by atoms with Crippen molar-refractivity contribution in [1.82, 2.24) is 19.1 Å². The predicted molar refractivity (Wildman–Crippen MR) is 267 cm³/mol. The zero-order valence-electron chi connectivity index (χ0n) is 35.5. The molecule has 306 valence electrons. The average Bonchev–Trinajstić information content (AvgIpc) is 3.91. The largest absolute Gasteiger partial charge is 0.309 e. The van der Waals surface area contributed by atoms with Crippen LogP contribution in [0.3, 0.4) is 0 Å². The molecule has 66 heavy (non-hydrogen) atoms. The lowest BCUT2D eigenvalue weighted by Gasteiger charge is -2.22. The molecule has 0 saturated heterocycles. The van der Waals surface area contributed by atoms with Crippen LogP contribution in [0.2, 0.25) is 0 Å². The lowest BCUT2D eigenvalue weighted by atomic mass is 9.88. The van der Waals surface area contributed by atoms with E-state index in [4.69, 9.17) is 9.97 Å². The lowest BCUT2D eigenvalue weighted by molar-refractivity contribution is 1.16. The van der Waals surface area contributed by atoms with Crippen molar-refractivity contribution in [2.45, 2.75) is 0 Å². The lowest BCUT2D eigenvalue weighted by Crippen LogP contribution is -2.04. The van der Waals surface area contributed by atoms with Crippen LogP contribution in [0, 0.1) is 22.7 Å². The Morgan fingerprint density at radius 1 is 0.333 bits per heavy atom. The van der Waals surface area contributed by atoms with Crippen LogP contribution in [0.4, 0.5) is 0 Å². The first kappa shape index (κ1) is 38.3. The van der Waals surface area contributed by atoms with E-state index in [-0.39, 0.29) is 0 Å². The van der Waals surface area contributed by atoms with Crippen molar-refractivity contribution in [2.24, 2.45) is 0 Å². The summed E-state index contributed by atoms with van der Waals surface area (Å²) in [5.74, 6) is 0.593. The number of fused-ring (bicyclic) bond motifs is 6. The van der Waals surface area contributed by atoms with Crippen LogP contribution in [0.1, 0.15) is 11.1 Å². The normalized spacial score (nSPS) is 11.3. The van der Waals surface area contributed by atoms with E-state index in [1.807, 2.05) is 103 Å². The van der Waals surface area contributed by atoms with Crippen LogP contribution in [0.5, 0.6) is 0 Å². The van der Waals surface area contributed by atoms with Crippen LogP contribution in [-0.4, -0.2) is 19.1 Å². The number of nitrogens with zero attached hydrogens (tertiary/aromatic N) is 6. The van der Waals surface area contributed by atoms with Gasteiger partial charge in [-0.15, -0.1) is 0 Å². The summed E-state index contributed by atoms with van der Waals surface area (Å²) in [6.45, 7) is 0. The third-order valence-corrected chi connectivity index (χ3v) is 12.6. The van der Waals surface area contributed by atoms with E-state index < -0.39 is 0 Å². The molecule has 3 heterocycles. The van der Waals surface area contributed by atoms with Gasteiger partial charge in [0, 0.05) is 66.2 Å². The maximum absolute atomic E-state index is 10.8. The van der Waals surface area contributed by atoms with Gasteiger partial charge in [0.05, 0.1) is 62.4 Å². The fourth-order valence-electron chi connectivity index (χ4n) is 9.67. The molecule has 0 fully saturated rings. The van der Waals surface area contributed by atoms with Crippen LogP contribution >= 0.6 is 0 Å². The number of nitriles is 2. The Labute approximate surface area is 380 Å². The smallest absolute Gasteiger partial charge is 0.160 e. The highest BCUT2D eigenvalue weighted by Gasteiger charge is 2.25. The highest BCUT2D eigenvalue weighted by Crippen LogP contribution is 2.46. The van der Waals surface area contributed by atoms with E-state index in [0.717, 1.165) is 88.9 Å². The van der Waals surface area contributed by atoms with Gasteiger partial charge in [0.15, 0.2) is 5.82 Å². The highest BCUT2D eigenvalue weighted by molar-refractivity contribution is 6.13. The van der Waals surface area contributed by atoms with Crippen molar-refractivity contribution in [1.29, 1.82) is 10.5 Å². The summed E-state index contributed by atoms with van der Waals surface area (Å²) in [6.07, 6.45) is 0. The van der Waals surface area contributed by atoms with Gasteiger partial charge in [0.25, 0.3) is 0 Å². The molecule has 0 aliphatic carbocycles. The molecule has 9 aromatic carbocycles. The first-order valence-electron chi connectivity index (χ1n) is 21.9. The number of hydrogen-bond acceptors (Lipinski definition) is 4. The van der Waals surface area contributed by atoms with E-state index >= 15 is 0 Å². The SMILES string of the molecule is N#Cc1ccccc1-c1cc(-c2cc(-c3ccccc3)nc(-c3ccccc3)n2)cc(-c2ccccc2C#N)c1-n1c2ccccc2c2cc(-n3c4ccccc4c4ccccc43)ccc21. The third kappa shape index (κ3) is 6.25. The maximum Gasteiger partial charge on any atom is 0.160 e. The van der Waals surface area contributed by atoms with Gasteiger partial charge in [-0.1, -0.05) is 152 Å². The Morgan fingerprint density at radius 2 is 0.773 bits per heavy atom. The van der Waals surface area contributed by atoms with Crippen LogP contribution < -0.4 is 0 Å². The van der Waals surface area contributed by atoms with E-state index in [2.05, 4.69) is 137 Å². The molecule has 0 N–H and O–H groups in total. The standard InChI is InChI=1S/C60H36N6/c61-37-41-21-7-9-23-45(41)51-33-43(54-36-53(39-17-3-1-4-18-39)63-60(64-54)40-19-5-2-6-20-40)34-52(46-24-10-8-22-42(46)38-62)59(51)66-57-30-16-13-27-49(57)50-35-44(31-32-58(50)66)65-55-28-14-11-25-47(55)48-26-12-15-29-56(48)65/h1-36H. The summed E-state index contributed by atoms with van der Waals surface area (Å²) in [6, 6.07) is 79.4. The van der Waals surface area contributed by atoms with E-state index in [0.29, 0.717) is 22.6 Å². The van der Waals surface area contributed by atoms with E-state index in [1.165, 1.54) is 10.8 Å². The first-order valence-corrected chi connectivity index (χ1v) is 21.9. The summed E-state index contributed by atoms with van der Waals surface area (Å²) >= 11 is 0. The van der Waals surface area contributed by atoms with Gasteiger partial charge in [-0.05, 0) is 66.7 Å². The summed E-state index contributed by atoms with van der Waals surface area (Å²) in [4.78, 5) is 10.4. The van der Waals surface area contributed by atoms with Crippen LogP contribution in [-0.2, 0) is 0 Å². The molecular formula is C60H36N6. The molecule has 0 unspecified atom stereocenters. The summed E-state index contributed by atoms with van der Waals surface area (Å²) < 4.78 is 4.67. The monoisotopic (exact) mass is 840 g/mol. The van der Waals surface area contributed by atoms with Crippen LogP contribution in [0.25, 0.3) is 111 Å². The van der Waals surface area contributed by atoms with Gasteiger partial charge in [-0.25, -0.2) is 9.97 Å². The molecule has 0 aliphatic heterocycles. The number of para-hydroxylation sites is 3. The molecule has 0 radical (unpaired) electrons. The zero-order valence-corrected chi connectivity index (χ0v) is 35.5. The second-order valence-electron chi connectivity index (χ2n) is 16.4. The van der Waals surface area contributed by atoms with Gasteiger partial charge in [-0.2, -0.15) is 10.5 Å². The Hall–Kier alpha value is -9.36. The molecule has 6 nitrogen and oxygen atoms in total. The minimum atomic E-state index is 0.530. The van der Waals surface area contributed by atoms with Crippen molar-refractivity contribution in [3.8, 4) is 79.7 Å². The first-order chi connectivity index (χ1) is 32.7. The van der Waals surface area contributed by atoms with E-state index in [1.54, 1.807) is 0 Å². The highest BCUT2D eigenvalue weighted by atomic mass is 15.0. The average molecular weight is 841 g/mol. The molecule has 0 saturated carbocycles. The summed E-state index contributed by atoms with van der Waals surface area (Å²) in [5.41, 5.74) is 14.5. The Kier molecular flexibility index (Phi) is 9.16. The van der Waals surface area contributed by atoms with Crippen LogP contribution in [0.15, 0.2) is 218 Å². The minimum Gasteiger partial charge on any atom is -0.309 e. The number of aromatic nitrogens is 4. The van der Waals surface area contributed by atoms with Gasteiger partial charge in [0.1, 0.15) is 0 Å². The topological polar surface area (TPSA) is 83.2 Å². The summed E-state index contributed by atoms with van der Waals surface area (Å²) in [5, 5.41) is 26.1. The van der Waals surface area contributed by atoms with Gasteiger partial charge >= 0.3 is 0 Å². The Bertz CT molecular complexity index is 3770. The quantitative estimate of drug-likeness (QED) is 0.160. The van der Waals surface area contributed by atoms with Crippen molar-refractivity contribution in [3.63, 3.8) is 0 Å². The summed E-state index contributed by atoms with van der Waals surface area (Å²) in [7, 11) is 0. The molecule has 0 spiro atoms. The minimum absolute atomic E-state index is 0.530.